The molecule has 0 saturated heterocycles. The summed E-state index contributed by atoms with van der Waals surface area (Å²) in [7, 11) is -1.02. The van der Waals surface area contributed by atoms with Crippen molar-refractivity contribution in [3.05, 3.63) is 161 Å². The average molecular weight is 574 g/mol. The minimum atomic E-state index is -4.15. The van der Waals surface area contributed by atoms with Crippen molar-refractivity contribution in [1.29, 1.82) is 0 Å². The Kier molecular flexibility index (Phi) is 7.09. The van der Waals surface area contributed by atoms with Gasteiger partial charge in [-0.3, -0.25) is 0 Å². The summed E-state index contributed by atoms with van der Waals surface area (Å²) in [6.07, 6.45) is 2.08. The molecule has 0 amide bonds. The zero-order valence-corrected chi connectivity index (χ0v) is 24.5. The van der Waals surface area contributed by atoms with Crippen LogP contribution in [-0.4, -0.2) is 22.6 Å². The van der Waals surface area contributed by atoms with E-state index in [-0.39, 0.29) is 4.90 Å². The van der Waals surface area contributed by atoms with Gasteiger partial charge in [-0.1, -0.05) is 109 Å². The molecule has 0 N–H and O–H groups in total. The molecule has 5 aromatic rings. The van der Waals surface area contributed by atoms with Crippen molar-refractivity contribution in [3.63, 3.8) is 0 Å². The molecule has 0 atom stereocenters. The molecule has 0 radical (unpaired) electrons. The standard InChI is InChI=1S/C36H31NO4S/c1-26-19-21-30(22-20-26)42(38,39)37-33-24-35(41-3)34(40-2)23-31(33)32(27-13-7-4-8-14-27)25-36(37,28-15-9-5-10-16-28)29-17-11-6-12-18-29/h4-25H,1-3H3. The van der Waals surface area contributed by atoms with Crippen molar-refractivity contribution >= 4 is 21.3 Å². The van der Waals surface area contributed by atoms with E-state index in [1.54, 1.807) is 36.7 Å². The summed E-state index contributed by atoms with van der Waals surface area (Å²) >= 11 is 0. The Morgan fingerprint density at radius 2 is 1.14 bits per heavy atom. The highest BCUT2D eigenvalue weighted by Gasteiger charge is 2.50. The summed E-state index contributed by atoms with van der Waals surface area (Å²) in [6, 6.07) is 40.2. The van der Waals surface area contributed by atoms with Crippen LogP contribution in [0.25, 0.3) is 5.57 Å². The van der Waals surface area contributed by atoms with Crippen LogP contribution in [-0.2, 0) is 15.6 Å². The molecule has 6 rings (SSSR count). The lowest BCUT2D eigenvalue weighted by molar-refractivity contribution is 0.355. The van der Waals surface area contributed by atoms with Gasteiger partial charge in [0.25, 0.3) is 10.0 Å². The van der Waals surface area contributed by atoms with Crippen molar-refractivity contribution < 1.29 is 17.9 Å². The van der Waals surface area contributed by atoms with E-state index in [0.717, 1.165) is 33.4 Å². The number of hydrogen-bond donors (Lipinski definition) is 0. The number of aryl methyl sites for hydroxylation is 1. The summed E-state index contributed by atoms with van der Waals surface area (Å²) in [5.74, 6) is 0.947. The zero-order valence-electron chi connectivity index (χ0n) is 23.7. The third-order valence-corrected chi connectivity index (χ3v) is 9.59. The van der Waals surface area contributed by atoms with Crippen LogP contribution in [0.4, 0.5) is 5.69 Å². The predicted octanol–water partition coefficient (Wildman–Crippen LogP) is 7.60. The van der Waals surface area contributed by atoms with Crippen LogP contribution in [0.15, 0.2) is 138 Å². The Bertz CT molecular complexity index is 1810. The molecule has 0 spiro atoms. The minimum Gasteiger partial charge on any atom is -0.493 e. The van der Waals surface area contributed by atoms with Crippen LogP contribution in [0.3, 0.4) is 0 Å². The minimum absolute atomic E-state index is 0.196. The first-order valence-corrected chi connectivity index (χ1v) is 15.1. The Hall–Kier alpha value is -4.81. The molecule has 6 heteroatoms. The molecule has 210 valence electrons. The summed E-state index contributed by atoms with van der Waals surface area (Å²) in [6.45, 7) is 1.94. The predicted molar refractivity (Wildman–Crippen MR) is 168 cm³/mol. The van der Waals surface area contributed by atoms with E-state index in [2.05, 4.69) is 6.08 Å². The van der Waals surface area contributed by atoms with Gasteiger partial charge in [-0.25, -0.2) is 12.7 Å². The molecule has 0 aliphatic carbocycles. The average Bonchev–Trinajstić information content (AvgIpc) is 3.04. The quantitative estimate of drug-likeness (QED) is 0.201. The second-order valence-electron chi connectivity index (χ2n) is 10.2. The molecular formula is C36H31NO4S. The lowest BCUT2D eigenvalue weighted by atomic mass is 9.76. The van der Waals surface area contributed by atoms with E-state index in [1.165, 1.54) is 0 Å². The fourth-order valence-electron chi connectivity index (χ4n) is 5.73. The molecule has 0 aromatic heterocycles. The van der Waals surface area contributed by atoms with Gasteiger partial charge in [-0.2, -0.15) is 0 Å². The van der Waals surface area contributed by atoms with Crippen molar-refractivity contribution in [2.24, 2.45) is 0 Å². The highest BCUT2D eigenvalue weighted by Crippen LogP contribution is 2.54. The van der Waals surface area contributed by atoms with E-state index in [4.69, 9.17) is 9.47 Å². The van der Waals surface area contributed by atoms with Crippen LogP contribution >= 0.6 is 0 Å². The highest BCUT2D eigenvalue weighted by molar-refractivity contribution is 7.93. The van der Waals surface area contributed by atoms with Gasteiger partial charge in [0.15, 0.2) is 11.5 Å². The smallest absolute Gasteiger partial charge is 0.265 e. The first kappa shape index (κ1) is 27.4. The third-order valence-electron chi connectivity index (χ3n) is 7.76. The number of hydrogen-bond acceptors (Lipinski definition) is 4. The SMILES string of the molecule is COc1cc2c(cc1OC)N(S(=O)(=O)c1ccc(C)cc1)C(c1ccccc1)(c1ccccc1)C=C2c1ccccc1. The van der Waals surface area contributed by atoms with Crippen LogP contribution in [0.1, 0.15) is 27.8 Å². The van der Waals surface area contributed by atoms with Crippen LogP contribution in [0.5, 0.6) is 11.5 Å². The van der Waals surface area contributed by atoms with Gasteiger partial charge in [0, 0.05) is 11.6 Å². The Morgan fingerprint density at radius 1 is 0.643 bits per heavy atom. The highest BCUT2D eigenvalue weighted by atomic mass is 32.2. The number of sulfonamides is 1. The second-order valence-corrected chi connectivity index (χ2v) is 12.0. The number of rotatable bonds is 7. The van der Waals surface area contributed by atoms with E-state index in [0.29, 0.717) is 17.2 Å². The van der Waals surface area contributed by atoms with E-state index in [1.807, 2.05) is 116 Å². The molecule has 5 nitrogen and oxygen atoms in total. The first-order valence-electron chi connectivity index (χ1n) is 13.7. The molecule has 1 aliphatic heterocycles. The van der Waals surface area contributed by atoms with Gasteiger partial charge in [-0.15, -0.1) is 0 Å². The Labute approximate surface area is 247 Å². The van der Waals surface area contributed by atoms with Crippen molar-refractivity contribution in [3.8, 4) is 11.5 Å². The van der Waals surface area contributed by atoms with Gasteiger partial charge in [0.1, 0.15) is 5.54 Å². The largest absolute Gasteiger partial charge is 0.493 e. The fraction of sp³-hybridized carbons (Fsp3) is 0.111. The van der Waals surface area contributed by atoms with Gasteiger partial charge in [0.2, 0.25) is 0 Å². The van der Waals surface area contributed by atoms with E-state index in [9.17, 15) is 0 Å². The lowest BCUT2D eigenvalue weighted by Gasteiger charge is -2.47. The summed E-state index contributed by atoms with van der Waals surface area (Å²) < 4.78 is 43.1. The number of benzene rings is 5. The number of ether oxygens (including phenoxy) is 2. The summed E-state index contributed by atoms with van der Waals surface area (Å²) in [4.78, 5) is 0.196. The van der Waals surface area contributed by atoms with E-state index >= 15 is 8.42 Å². The van der Waals surface area contributed by atoms with Crippen molar-refractivity contribution in [1.82, 2.24) is 0 Å². The maximum absolute atomic E-state index is 15.0. The lowest BCUT2D eigenvalue weighted by Crippen LogP contribution is -2.51. The molecule has 1 aliphatic rings. The topological polar surface area (TPSA) is 55.8 Å². The van der Waals surface area contributed by atoms with Gasteiger partial charge >= 0.3 is 0 Å². The first-order chi connectivity index (χ1) is 20.4. The zero-order chi connectivity index (χ0) is 29.3. The van der Waals surface area contributed by atoms with Gasteiger partial charge in [-0.05, 0) is 53.5 Å². The monoisotopic (exact) mass is 573 g/mol. The maximum atomic E-state index is 15.0. The maximum Gasteiger partial charge on any atom is 0.265 e. The molecular weight excluding hydrogens is 542 g/mol. The molecule has 0 bridgehead atoms. The molecule has 0 fully saturated rings. The van der Waals surface area contributed by atoms with E-state index < -0.39 is 15.6 Å². The molecule has 0 unspecified atom stereocenters. The summed E-state index contributed by atoms with van der Waals surface area (Å²) in [5.41, 5.74) is 4.39. The molecule has 5 aromatic carbocycles. The third kappa shape index (κ3) is 4.45. The number of nitrogens with zero attached hydrogens (tertiary/aromatic N) is 1. The van der Waals surface area contributed by atoms with Crippen LogP contribution in [0, 0.1) is 6.92 Å². The summed E-state index contributed by atoms with van der Waals surface area (Å²) in [5, 5.41) is 0. The molecule has 1 heterocycles. The molecule has 0 saturated carbocycles. The molecule has 42 heavy (non-hydrogen) atoms. The van der Waals surface area contributed by atoms with Crippen LogP contribution < -0.4 is 13.8 Å². The number of fused-ring (bicyclic) bond motifs is 1. The van der Waals surface area contributed by atoms with Gasteiger partial charge in [0.05, 0.1) is 24.8 Å². The Balaban J connectivity index is 1.82. The van der Waals surface area contributed by atoms with Crippen molar-refractivity contribution in [2.75, 3.05) is 18.5 Å². The van der Waals surface area contributed by atoms with Crippen molar-refractivity contribution in [2.45, 2.75) is 17.4 Å². The number of methoxy groups -OCH3 is 2. The second kappa shape index (κ2) is 10.9. The Morgan fingerprint density at radius 3 is 1.67 bits per heavy atom. The van der Waals surface area contributed by atoms with Crippen LogP contribution in [0.2, 0.25) is 0 Å². The fourth-order valence-corrected chi connectivity index (χ4v) is 7.47. The van der Waals surface area contributed by atoms with Gasteiger partial charge < -0.3 is 9.47 Å². The number of anilines is 1. The normalized spacial score (nSPS) is 14.1.